The van der Waals surface area contributed by atoms with E-state index >= 15 is 0 Å². The Morgan fingerprint density at radius 1 is 0.309 bits per heavy atom. The topological polar surface area (TPSA) is 0 Å². The third-order valence-electron chi connectivity index (χ3n) is 12.4. The molecule has 1 atom stereocenters. The molecule has 0 spiro atoms. The molecule has 0 saturated carbocycles. The first-order chi connectivity index (χ1) is 27.0. The fourth-order valence-corrected chi connectivity index (χ4v) is 9.27. The van der Waals surface area contributed by atoms with Crippen molar-refractivity contribution >= 4 is 21.5 Å². The van der Waals surface area contributed by atoms with Crippen molar-refractivity contribution in [1.29, 1.82) is 0 Å². The molecule has 10 rings (SSSR count). The third kappa shape index (κ3) is 5.36. The third-order valence-corrected chi connectivity index (χ3v) is 12.4. The van der Waals surface area contributed by atoms with Gasteiger partial charge in [-0.2, -0.15) is 0 Å². The van der Waals surface area contributed by atoms with Gasteiger partial charge in [0.15, 0.2) is 0 Å². The van der Waals surface area contributed by atoms with Crippen LogP contribution in [0.15, 0.2) is 194 Å². The molecule has 0 nitrogen and oxygen atoms in total. The number of hydrogen-bond acceptors (Lipinski definition) is 0. The van der Waals surface area contributed by atoms with Gasteiger partial charge in [-0.05, 0) is 130 Å². The summed E-state index contributed by atoms with van der Waals surface area (Å²) in [5, 5.41) is 5.11. The molecule has 1 unspecified atom stereocenters. The van der Waals surface area contributed by atoms with E-state index in [2.05, 4.69) is 215 Å². The average Bonchev–Trinajstić information content (AvgIpc) is 3.51. The summed E-state index contributed by atoms with van der Waals surface area (Å²) in [6.07, 6.45) is 0. The van der Waals surface area contributed by atoms with Gasteiger partial charge < -0.3 is 0 Å². The monoisotopic (exact) mass is 702 g/mol. The number of fused-ring (bicyclic) bond motifs is 5. The minimum absolute atomic E-state index is 0.0578. The zero-order chi connectivity index (χ0) is 37.1. The molecule has 55 heavy (non-hydrogen) atoms. The quantitative estimate of drug-likeness (QED) is 0.151. The first kappa shape index (κ1) is 33.1. The van der Waals surface area contributed by atoms with Crippen LogP contribution < -0.4 is 0 Å². The van der Waals surface area contributed by atoms with Gasteiger partial charge in [-0.25, -0.2) is 0 Å². The zero-order valence-corrected chi connectivity index (χ0v) is 31.6. The van der Waals surface area contributed by atoms with Gasteiger partial charge in [0.25, 0.3) is 0 Å². The van der Waals surface area contributed by atoms with Crippen molar-refractivity contribution in [3.8, 4) is 66.8 Å². The summed E-state index contributed by atoms with van der Waals surface area (Å²) in [4.78, 5) is 0. The summed E-state index contributed by atoms with van der Waals surface area (Å²) in [5.74, 6) is 0.453. The molecule has 0 saturated heterocycles. The molecule has 0 radical (unpaired) electrons. The van der Waals surface area contributed by atoms with Gasteiger partial charge in [0.05, 0.1) is 0 Å². The van der Waals surface area contributed by atoms with E-state index in [1.54, 1.807) is 0 Å². The van der Waals surface area contributed by atoms with Gasteiger partial charge in [0.1, 0.15) is 0 Å². The minimum atomic E-state index is -0.0578. The van der Waals surface area contributed by atoms with Gasteiger partial charge in [0.2, 0.25) is 0 Å². The molecule has 0 N–H and O–H groups in total. The largest absolute Gasteiger partial charge is 0.0622 e. The van der Waals surface area contributed by atoms with E-state index in [9.17, 15) is 0 Å². The van der Waals surface area contributed by atoms with Crippen LogP contribution >= 0.6 is 0 Å². The summed E-state index contributed by atoms with van der Waals surface area (Å²) < 4.78 is 0. The predicted molar refractivity (Wildman–Crippen MR) is 235 cm³/mol. The highest BCUT2D eigenvalue weighted by Crippen LogP contribution is 2.54. The highest BCUT2D eigenvalue weighted by atomic mass is 14.4. The van der Waals surface area contributed by atoms with Crippen LogP contribution in [0.1, 0.15) is 31.9 Å². The van der Waals surface area contributed by atoms with Crippen molar-refractivity contribution in [1.82, 2.24) is 0 Å². The van der Waals surface area contributed by atoms with Crippen molar-refractivity contribution in [3.05, 3.63) is 205 Å². The molecule has 0 fully saturated rings. The number of hydrogen-bond donors (Lipinski definition) is 0. The Morgan fingerprint density at radius 3 is 1.20 bits per heavy atom. The summed E-state index contributed by atoms with van der Waals surface area (Å²) >= 11 is 0. The molecule has 0 aromatic heterocycles. The second-order valence-corrected chi connectivity index (χ2v) is 15.6. The maximum Gasteiger partial charge on any atom is 0.0210 e. The van der Waals surface area contributed by atoms with Crippen LogP contribution in [0.4, 0.5) is 0 Å². The van der Waals surface area contributed by atoms with Gasteiger partial charge in [-0.3, -0.25) is 0 Å². The lowest BCUT2D eigenvalue weighted by Gasteiger charge is -2.32. The lowest BCUT2D eigenvalue weighted by molar-refractivity contribution is 0.414. The van der Waals surface area contributed by atoms with E-state index in [4.69, 9.17) is 0 Å². The normalized spacial score (nSPS) is 14.7. The molecule has 0 heteroatoms. The van der Waals surface area contributed by atoms with Gasteiger partial charge in [0, 0.05) is 5.41 Å². The van der Waals surface area contributed by atoms with E-state index in [0.717, 1.165) is 0 Å². The Hall–Kier alpha value is -6.50. The Kier molecular flexibility index (Phi) is 7.89. The highest BCUT2D eigenvalue weighted by Gasteiger charge is 2.41. The van der Waals surface area contributed by atoms with Crippen molar-refractivity contribution < 1.29 is 0 Å². The molecule has 1 aliphatic rings. The standard InChI is InChI=1S/C55H42/c1-36(2)55(3)51-25-15-14-20-45(51)46-31-30-41(35-52(46)55)54-49-23-12-10-21-47(49)53(48-22-11-13-24-50(48)54)40-28-26-39(27-29-40)44-33-42(37-16-6-4-7-17-37)32-43(34-44)38-18-8-5-9-19-38/h4-36H,1-3H3. The van der Waals surface area contributed by atoms with Crippen molar-refractivity contribution in [2.45, 2.75) is 26.2 Å². The SMILES string of the molecule is CC(C)C1(C)c2ccccc2-c2ccc(-c3c4ccccc4c(-c4ccc(-c5cc(-c6ccccc6)cc(-c6ccccc6)c5)cc4)c4ccccc34)cc21. The molecule has 262 valence electrons. The van der Waals surface area contributed by atoms with Crippen LogP contribution in [0, 0.1) is 5.92 Å². The smallest absolute Gasteiger partial charge is 0.0210 e. The Labute approximate surface area is 324 Å². The van der Waals surface area contributed by atoms with Crippen LogP contribution in [0.5, 0.6) is 0 Å². The first-order valence-corrected chi connectivity index (χ1v) is 19.5. The Morgan fingerprint density at radius 2 is 0.691 bits per heavy atom. The van der Waals surface area contributed by atoms with Crippen LogP contribution in [-0.4, -0.2) is 0 Å². The Balaban J connectivity index is 1.13. The fraction of sp³-hybridized carbons (Fsp3) is 0.0909. The van der Waals surface area contributed by atoms with E-state index in [0.29, 0.717) is 5.92 Å². The molecule has 0 aliphatic heterocycles. The maximum atomic E-state index is 2.51. The van der Waals surface area contributed by atoms with Gasteiger partial charge in [-0.15, -0.1) is 0 Å². The average molecular weight is 703 g/mol. The molecule has 0 bridgehead atoms. The lowest BCUT2D eigenvalue weighted by Crippen LogP contribution is -2.27. The van der Waals surface area contributed by atoms with E-state index in [1.165, 1.54) is 99.4 Å². The summed E-state index contributed by atoms with van der Waals surface area (Å²) in [6.45, 7) is 7.17. The zero-order valence-electron chi connectivity index (χ0n) is 31.6. The molecule has 0 heterocycles. The number of benzene rings is 9. The summed E-state index contributed by atoms with van der Waals surface area (Å²) in [5.41, 5.74) is 17.9. The van der Waals surface area contributed by atoms with Gasteiger partial charge >= 0.3 is 0 Å². The maximum absolute atomic E-state index is 2.51. The first-order valence-electron chi connectivity index (χ1n) is 19.5. The van der Waals surface area contributed by atoms with Crippen molar-refractivity contribution in [2.75, 3.05) is 0 Å². The van der Waals surface area contributed by atoms with E-state index in [-0.39, 0.29) is 5.41 Å². The van der Waals surface area contributed by atoms with Crippen LogP contribution in [0.25, 0.3) is 88.3 Å². The Bertz CT molecular complexity index is 2760. The van der Waals surface area contributed by atoms with Crippen molar-refractivity contribution in [2.24, 2.45) is 5.92 Å². The second kappa shape index (κ2) is 13.1. The lowest BCUT2D eigenvalue weighted by atomic mass is 9.71. The molecular formula is C55H42. The van der Waals surface area contributed by atoms with Crippen LogP contribution in [0.2, 0.25) is 0 Å². The molecule has 9 aromatic rings. The minimum Gasteiger partial charge on any atom is -0.0622 e. The van der Waals surface area contributed by atoms with E-state index in [1.807, 2.05) is 0 Å². The number of rotatable bonds is 6. The molecule has 1 aliphatic carbocycles. The molecule has 9 aromatic carbocycles. The predicted octanol–water partition coefficient (Wildman–Crippen LogP) is 15.3. The summed E-state index contributed by atoms with van der Waals surface area (Å²) in [6, 6.07) is 71.9. The second-order valence-electron chi connectivity index (χ2n) is 15.6. The summed E-state index contributed by atoms with van der Waals surface area (Å²) in [7, 11) is 0. The van der Waals surface area contributed by atoms with Gasteiger partial charge in [-0.1, -0.05) is 191 Å². The molecular weight excluding hydrogens is 661 g/mol. The molecule has 0 amide bonds. The van der Waals surface area contributed by atoms with Crippen molar-refractivity contribution in [3.63, 3.8) is 0 Å². The van der Waals surface area contributed by atoms with E-state index < -0.39 is 0 Å². The van der Waals surface area contributed by atoms with Crippen LogP contribution in [-0.2, 0) is 5.41 Å². The fourth-order valence-electron chi connectivity index (χ4n) is 9.27. The highest BCUT2D eigenvalue weighted by molar-refractivity contribution is 6.21. The van der Waals surface area contributed by atoms with Crippen LogP contribution in [0.3, 0.4) is 0 Å².